The van der Waals surface area contributed by atoms with Crippen LogP contribution in [0.3, 0.4) is 0 Å². The lowest BCUT2D eigenvalue weighted by Crippen LogP contribution is -2.30. The standard InChI is InChI=1S/C56H84O6/c1-4-7-10-13-16-19-22-24-26-27-28-29-31-32-34-37-40-43-46-49-55(58)61-52-53(51-60-54(57)48-45-42-39-36-21-18-15-12-9-6-3)62-56(59)50-47-44-41-38-35-33-30-25-23-20-17-14-11-8-5-2/h7-8,10-11,13-14,16-17,19-20,22-35,53H,4-6,9,12,15,18,21,36-52H2,1-3H3/b10-7-,11-8-,16-13-,17-14-,22-19-,23-20-,26-24-,28-27+,30-25-,31-29-,34-32-,35-33-. The van der Waals surface area contributed by atoms with E-state index in [-0.39, 0.29) is 44.0 Å². The minimum Gasteiger partial charge on any atom is -0.462 e. The van der Waals surface area contributed by atoms with Crippen molar-refractivity contribution in [2.45, 2.75) is 175 Å². The van der Waals surface area contributed by atoms with Crippen molar-refractivity contribution < 1.29 is 28.6 Å². The summed E-state index contributed by atoms with van der Waals surface area (Å²) in [6.07, 6.45) is 69.6. The van der Waals surface area contributed by atoms with Crippen LogP contribution in [-0.4, -0.2) is 37.2 Å². The van der Waals surface area contributed by atoms with Crippen molar-refractivity contribution in [2.24, 2.45) is 0 Å². The van der Waals surface area contributed by atoms with Crippen LogP contribution in [0.4, 0.5) is 0 Å². The van der Waals surface area contributed by atoms with Gasteiger partial charge in [-0.2, -0.15) is 0 Å². The average molecular weight is 853 g/mol. The normalized spacial score (nSPS) is 13.4. The predicted octanol–water partition coefficient (Wildman–Crippen LogP) is 15.7. The molecule has 1 atom stereocenters. The predicted molar refractivity (Wildman–Crippen MR) is 265 cm³/mol. The Morgan fingerprint density at radius 2 is 0.629 bits per heavy atom. The largest absolute Gasteiger partial charge is 0.462 e. The SMILES string of the molecule is CC\C=C/C=C\C=C/C=C\C=C/CCCCCC(=O)OC(COC(=O)CCCCC\C=C/C=C\C=C\C=C/C=C\C=C/C=C\CC)COC(=O)CCCCCCCCCCCC. The highest BCUT2D eigenvalue weighted by Crippen LogP contribution is 2.13. The Hall–Kier alpha value is -4.71. The number of carbonyl (C=O) groups is 3. The van der Waals surface area contributed by atoms with Crippen LogP contribution in [0.2, 0.25) is 0 Å². The maximum absolute atomic E-state index is 12.7. The lowest BCUT2D eigenvalue weighted by Gasteiger charge is -2.18. The van der Waals surface area contributed by atoms with E-state index >= 15 is 0 Å². The zero-order valence-electron chi connectivity index (χ0n) is 39.1. The third-order valence-electron chi connectivity index (χ3n) is 9.41. The summed E-state index contributed by atoms with van der Waals surface area (Å²) in [6, 6.07) is 0. The highest BCUT2D eigenvalue weighted by molar-refractivity contribution is 5.71. The third-order valence-corrected chi connectivity index (χ3v) is 9.41. The van der Waals surface area contributed by atoms with Crippen molar-refractivity contribution in [3.63, 3.8) is 0 Å². The molecule has 0 aromatic carbocycles. The Labute approximate surface area is 378 Å². The first kappa shape index (κ1) is 57.3. The van der Waals surface area contributed by atoms with E-state index < -0.39 is 6.10 Å². The van der Waals surface area contributed by atoms with Crippen LogP contribution in [0.25, 0.3) is 0 Å². The highest BCUT2D eigenvalue weighted by Gasteiger charge is 2.19. The molecule has 0 saturated carbocycles. The van der Waals surface area contributed by atoms with Gasteiger partial charge in [0, 0.05) is 19.3 Å². The van der Waals surface area contributed by atoms with Crippen molar-refractivity contribution >= 4 is 17.9 Å². The quantitative estimate of drug-likeness (QED) is 0.0264. The Kier molecular flexibility index (Phi) is 45.2. The smallest absolute Gasteiger partial charge is 0.306 e. The summed E-state index contributed by atoms with van der Waals surface area (Å²) in [4.78, 5) is 37.8. The number of allylic oxidation sites excluding steroid dienone is 24. The van der Waals surface area contributed by atoms with Crippen LogP contribution in [0, 0.1) is 0 Å². The summed E-state index contributed by atoms with van der Waals surface area (Å²) < 4.78 is 16.7. The van der Waals surface area contributed by atoms with E-state index in [0.29, 0.717) is 19.3 Å². The van der Waals surface area contributed by atoms with Crippen LogP contribution in [-0.2, 0) is 28.6 Å². The van der Waals surface area contributed by atoms with Gasteiger partial charge in [-0.05, 0) is 57.8 Å². The molecule has 0 aromatic heterocycles. The minimum absolute atomic E-state index is 0.116. The first-order valence-electron chi connectivity index (χ1n) is 24.0. The van der Waals surface area contributed by atoms with Crippen LogP contribution < -0.4 is 0 Å². The maximum atomic E-state index is 12.7. The second-order valence-electron chi connectivity index (χ2n) is 15.2. The van der Waals surface area contributed by atoms with E-state index in [1.807, 2.05) is 122 Å². The van der Waals surface area contributed by atoms with Gasteiger partial charge in [0.1, 0.15) is 13.2 Å². The molecule has 0 saturated heterocycles. The molecule has 0 bridgehead atoms. The number of hydrogen-bond donors (Lipinski definition) is 0. The highest BCUT2D eigenvalue weighted by atomic mass is 16.6. The van der Waals surface area contributed by atoms with Gasteiger partial charge in [0.25, 0.3) is 0 Å². The van der Waals surface area contributed by atoms with Crippen LogP contribution >= 0.6 is 0 Å². The first-order chi connectivity index (χ1) is 30.5. The fourth-order valence-electron chi connectivity index (χ4n) is 5.86. The van der Waals surface area contributed by atoms with Gasteiger partial charge in [-0.3, -0.25) is 14.4 Å². The third kappa shape index (κ3) is 46.4. The molecule has 0 rings (SSSR count). The van der Waals surface area contributed by atoms with Gasteiger partial charge >= 0.3 is 17.9 Å². The van der Waals surface area contributed by atoms with E-state index in [0.717, 1.165) is 70.6 Å². The number of hydrogen-bond acceptors (Lipinski definition) is 6. The van der Waals surface area contributed by atoms with Crippen molar-refractivity contribution in [1.29, 1.82) is 0 Å². The molecular formula is C56H84O6. The van der Waals surface area contributed by atoms with Crippen LogP contribution in [0.5, 0.6) is 0 Å². The van der Waals surface area contributed by atoms with E-state index in [2.05, 4.69) is 45.1 Å². The van der Waals surface area contributed by atoms with Gasteiger partial charge in [-0.1, -0.05) is 237 Å². The molecule has 0 amide bonds. The van der Waals surface area contributed by atoms with E-state index in [1.54, 1.807) is 0 Å². The summed E-state index contributed by atoms with van der Waals surface area (Å²) in [7, 11) is 0. The summed E-state index contributed by atoms with van der Waals surface area (Å²) >= 11 is 0. The molecular weight excluding hydrogens is 769 g/mol. The van der Waals surface area contributed by atoms with E-state index in [1.165, 1.54) is 44.9 Å². The molecule has 0 spiro atoms. The molecule has 0 aliphatic carbocycles. The van der Waals surface area contributed by atoms with Gasteiger partial charge in [0.2, 0.25) is 0 Å². The second-order valence-corrected chi connectivity index (χ2v) is 15.2. The Balaban J connectivity index is 4.59. The molecule has 0 N–H and O–H groups in total. The summed E-state index contributed by atoms with van der Waals surface area (Å²) in [5.74, 6) is -1.02. The molecule has 0 radical (unpaired) electrons. The molecule has 0 fully saturated rings. The van der Waals surface area contributed by atoms with Gasteiger partial charge < -0.3 is 14.2 Å². The molecule has 62 heavy (non-hydrogen) atoms. The Morgan fingerprint density at radius 3 is 0.984 bits per heavy atom. The molecule has 0 aliphatic rings. The van der Waals surface area contributed by atoms with Gasteiger partial charge in [0.05, 0.1) is 0 Å². The summed E-state index contributed by atoms with van der Waals surface area (Å²) in [5, 5.41) is 0. The molecule has 0 aliphatic heterocycles. The number of ether oxygens (including phenoxy) is 3. The molecule has 0 heterocycles. The topological polar surface area (TPSA) is 78.9 Å². The summed E-state index contributed by atoms with van der Waals surface area (Å²) in [5.41, 5.74) is 0. The second kappa shape index (κ2) is 49.0. The summed E-state index contributed by atoms with van der Waals surface area (Å²) in [6.45, 7) is 6.22. The van der Waals surface area contributed by atoms with Crippen molar-refractivity contribution in [1.82, 2.24) is 0 Å². The molecule has 1 unspecified atom stereocenters. The number of carbonyl (C=O) groups excluding carboxylic acids is 3. The van der Waals surface area contributed by atoms with Crippen LogP contribution in [0.1, 0.15) is 168 Å². The number of esters is 3. The molecule has 6 nitrogen and oxygen atoms in total. The van der Waals surface area contributed by atoms with Crippen molar-refractivity contribution in [3.8, 4) is 0 Å². The van der Waals surface area contributed by atoms with E-state index in [9.17, 15) is 14.4 Å². The van der Waals surface area contributed by atoms with Gasteiger partial charge in [0.15, 0.2) is 6.10 Å². The first-order valence-corrected chi connectivity index (χ1v) is 24.0. The van der Waals surface area contributed by atoms with Crippen molar-refractivity contribution in [3.05, 3.63) is 146 Å². The zero-order chi connectivity index (χ0) is 45.1. The van der Waals surface area contributed by atoms with E-state index in [4.69, 9.17) is 14.2 Å². The zero-order valence-corrected chi connectivity index (χ0v) is 39.1. The van der Waals surface area contributed by atoms with Crippen LogP contribution in [0.15, 0.2) is 146 Å². The fourth-order valence-corrected chi connectivity index (χ4v) is 5.86. The van der Waals surface area contributed by atoms with Crippen molar-refractivity contribution in [2.75, 3.05) is 13.2 Å². The minimum atomic E-state index is -0.823. The lowest BCUT2D eigenvalue weighted by atomic mass is 10.1. The average Bonchev–Trinajstić information content (AvgIpc) is 3.27. The van der Waals surface area contributed by atoms with Gasteiger partial charge in [-0.15, -0.1) is 0 Å². The lowest BCUT2D eigenvalue weighted by molar-refractivity contribution is -0.167. The number of rotatable bonds is 40. The monoisotopic (exact) mass is 853 g/mol. The maximum Gasteiger partial charge on any atom is 0.306 e. The Morgan fingerprint density at radius 1 is 0.339 bits per heavy atom. The Bertz CT molecular complexity index is 1440. The van der Waals surface area contributed by atoms with Gasteiger partial charge in [-0.25, -0.2) is 0 Å². The molecule has 0 aromatic rings. The fraction of sp³-hybridized carbons (Fsp3) is 0.518. The molecule has 6 heteroatoms. The number of unbranched alkanes of at least 4 members (excludes halogenated alkanes) is 15. The molecule has 344 valence electrons.